The Morgan fingerprint density at radius 2 is 2.00 bits per heavy atom. The number of aliphatic hydroxyl groups is 1. The maximum absolute atomic E-state index is 12.9. The molecular formula is C9H9FO. The largest absolute Gasteiger partial charge is 0.392 e. The van der Waals surface area contributed by atoms with E-state index in [1.807, 2.05) is 0 Å². The van der Waals surface area contributed by atoms with E-state index in [1.54, 1.807) is 18.2 Å². The molecule has 0 heterocycles. The number of benzene rings is 1. The van der Waals surface area contributed by atoms with Crippen molar-refractivity contribution >= 4 is 0 Å². The number of halogens is 1. The van der Waals surface area contributed by atoms with Crippen LogP contribution in [-0.4, -0.2) is 11.2 Å². The fourth-order valence-corrected chi connectivity index (χ4v) is 1.29. The Labute approximate surface area is 64.5 Å². The molecule has 0 amide bonds. The summed E-state index contributed by atoms with van der Waals surface area (Å²) in [4.78, 5) is 0. The molecule has 1 N–H and O–H groups in total. The van der Waals surface area contributed by atoms with Crippen molar-refractivity contribution in [2.24, 2.45) is 0 Å². The SMILES string of the molecule is OC1CC1c1ccccc1F. The Morgan fingerprint density at radius 3 is 2.55 bits per heavy atom. The molecule has 2 heteroatoms. The van der Waals surface area contributed by atoms with Crippen LogP contribution in [0, 0.1) is 5.82 Å². The zero-order valence-corrected chi connectivity index (χ0v) is 6.00. The van der Waals surface area contributed by atoms with E-state index in [1.165, 1.54) is 6.07 Å². The highest BCUT2D eigenvalue weighted by Gasteiger charge is 2.37. The lowest BCUT2D eigenvalue weighted by atomic mass is 10.1. The van der Waals surface area contributed by atoms with Crippen molar-refractivity contribution in [2.45, 2.75) is 18.4 Å². The Balaban J connectivity index is 2.31. The smallest absolute Gasteiger partial charge is 0.126 e. The quantitative estimate of drug-likeness (QED) is 0.649. The standard InChI is InChI=1S/C9H9FO/c10-8-4-2-1-3-6(8)7-5-9(7)11/h1-4,7,9,11H,5H2. The lowest BCUT2D eigenvalue weighted by Gasteiger charge is -1.97. The zero-order chi connectivity index (χ0) is 7.84. The van der Waals surface area contributed by atoms with Crippen molar-refractivity contribution in [3.63, 3.8) is 0 Å². The van der Waals surface area contributed by atoms with Crippen LogP contribution in [0.4, 0.5) is 4.39 Å². The summed E-state index contributed by atoms with van der Waals surface area (Å²) in [6, 6.07) is 6.62. The third-order valence-electron chi connectivity index (χ3n) is 2.06. The van der Waals surface area contributed by atoms with Crippen LogP contribution in [0.15, 0.2) is 24.3 Å². The molecule has 1 aromatic carbocycles. The van der Waals surface area contributed by atoms with Crippen molar-refractivity contribution in [1.82, 2.24) is 0 Å². The predicted octanol–water partition coefficient (Wildman–Crippen LogP) is 1.67. The number of rotatable bonds is 1. The molecule has 1 nitrogen and oxygen atoms in total. The van der Waals surface area contributed by atoms with Gasteiger partial charge in [0, 0.05) is 5.92 Å². The van der Waals surface area contributed by atoms with Gasteiger partial charge in [-0.2, -0.15) is 0 Å². The lowest BCUT2D eigenvalue weighted by molar-refractivity contribution is 0.271. The summed E-state index contributed by atoms with van der Waals surface area (Å²) in [5.41, 5.74) is 0.653. The maximum Gasteiger partial charge on any atom is 0.126 e. The molecule has 1 saturated carbocycles. The molecule has 1 aromatic rings. The van der Waals surface area contributed by atoms with E-state index in [2.05, 4.69) is 0 Å². The molecule has 58 valence electrons. The summed E-state index contributed by atoms with van der Waals surface area (Å²) < 4.78 is 12.9. The van der Waals surface area contributed by atoms with Crippen LogP contribution in [-0.2, 0) is 0 Å². The molecule has 0 spiro atoms. The van der Waals surface area contributed by atoms with Gasteiger partial charge in [0.05, 0.1) is 6.10 Å². The van der Waals surface area contributed by atoms with E-state index in [-0.39, 0.29) is 17.8 Å². The fraction of sp³-hybridized carbons (Fsp3) is 0.333. The Morgan fingerprint density at radius 1 is 1.36 bits per heavy atom. The minimum atomic E-state index is -0.313. The average Bonchev–Trinajstić information content (AvgIpc) is 2.68. The second-order valence-electron chi connectivity index (χ2n) is 2.93. The summed E-state index contributed by atoms with van der Waals surface area (Å²) in [6.45, 7) is 0. The van der Waals surface area contributed by atoms with Crippen molar-refractivity contribution in [2.75, 3.05) is 0 Å². The molecule has 1 aliphatic rings. The highest BCUT2D eigenvalue weighted by molar-refractivity contribution is 5.27. The van der Waals surface area contributed by atoms with Crippen LogP contribution >= 0.6 is 0 Å². The average molecular weight is 152 g/mol. The van der Waals surface area contributed by atoms with Gasteiger partial charge in [-0.25, -0.2) is 4.39 Å². The first-order valence-electron chi connectivity index (χ1n) is 3.71. The third kappa shape index (κ3) is 1.14. The van der Waals surface area contributed by atoms with Gasteiger partial charge in [-0.05, 0) is 18.1 Å². The zero-order valence-electron chi connectivity index (χ0n) is 6.00. The second-order valence-corrected chi connectivity index (χ2v) is 2.93. The van der Waals surface area contributed by atoms with E-state index >= 15 is 0 Å². The van der Waals surface area contributed by atoms with Crippen LogP contribution < -0.4 is 0 Å². The minimum Gasteiger partial charge on any atom is -0.392 e. The first-order chi connectivity index (χ1) is 5.29. The van der Waals surface area contributed by atoms with Crippen molar-refractivity contribution < 1.29 is 9.50 Å². The van der Waals surface area contributed by atoms with E-state index in [0.717, 1.165) is 0 Å². The van der Waals surface area contributed by atoms with E-state index < -0.39 is 0 Å². The number of aliphatic hydroxyl groups excluding tert-OH is 1. The van der Waals surface area contributed by atoms with Crippen LogP contribution in [0.1, 0.15) is 17.9 Å². The number of hydrogen-bond donors (Lipinski definition) is 1. The third-order valence-corrected chi connectivity index (χ3v) is 2.06. The molecule has 2 atom stereocenters. The normalized spacial score (nSPS) is 28.5. The van der Waals surface area contributed by atoms with Gasteiger partial charge in [0.25, 0.3) is 0 Å². The molecule has 2 rings (SSSR count). The van der Waals surface area contributed by atoms with Crippen molar-refractivity contribution in [3.05, 3.63) is 35.6 Å². The van der Waals surface area contributed by atoms with Crippen molar-refractivity contribution in [1.29, 1.82) is 0 Å². The summed E-state index contributed by atoms with van der Waals surface area (Å²) in [5.74, 6) is -0.148. The van der Waals surface area contributed by atoms with Crippen LogP contribution in [0.25, 0.3) is 0 Å². The molecule has 0 aliphatic heterocycles. The summed E-state index contributed by atoms with van der Waals surface area (Å²) >= 11 is 0. The summed E-state index contributed by atoms with van der Waals surface area (Å²) in [5, 5.41) is 9.04. The molecule has 11 heavy (non-hydrogen) atoms. The Kier molecular flexibility index (Phi) is 1.43. The van der Waals surface area contributed by atoms with E-state index in [9.17, 15) is 4.39 Å². The Hall–Kier alpha value is -0.890. The minimum absolute atomic E-state index is 0.0520. The molecule has 0 bridgehead atoms. The fourth-order valence-electron chi connectivity index (χ4n) is 1.29. The molecular weight excluding hydrogens is 143 g/mol. The van der Waals surface area contributed by atoms with Gasteiger partial charge in [0.1, 0.15) is 5.82 Å². The van der Waals surface area contributed by atoms with Crippen molar-refractivity contribution in [3.8, 4) is 0 Å². The van der Waals surface area contributed by atoms with Gasteiger partial charge in [-0.15, -0.1) is 0 Å². The molecule has 0 radical (unpaired) electrons. The lowest BCUT2D eigenvalue weighted by Crippen LogP contribution is -1.89. The summed E-state index contributed by atoms with van der Waals surface area (Å²) in [6.07, 6.45) is 0.396. The first-order valence-corrected chi connectivity index (χ1v) is 3.71. The first kappa shape index (κ1) is 6.80. The highest BCUT2D eigenvalue weighted by Crippen LogP contribution is 2.41. The van der Waals surface area contributed by atoms with Gasteiger partial charge in [0.15, 0.2) is 0 Å². The Bertz CT molecular complexity index is 272. The van der Waals surface area contributed by atoms with Gasteiger partial charge in [-0.1, -0.05) is 18.2 Å². The highest BCUT2D eigenvalue weighted by atomic mass is 19.1. The van der Waals surface area contributed by atoms with Gasteiger partial charge in [0.2, 0.25) is 0 Å². The summed E-state index contributed by atoms with van der Waals surface area (Å²) in [7, 11) is 0. The van der Waals surface area contributed by atoms with Gasteiger partial charge >= 0.3 is 0 Å². The molecule has 1 fully saturated rings. The van der Waals surface area contributed by atoms with Gasteiger partial charge < -0.3 is 5.11 Å². The monoisotopic (exact) mass is 152 g/mol. The molecule has 0 saturated heterocycles. The van der Waals surface area contributed by atoms with Gasteiger partial charge in [-0.3, -0.25) is 0 Å². The van der Waals surface area contributed by atoms with Crippen LogP contribution in [0.5, 0.6) is 0 Å². The topological polar surface area (TPSA) is 20.2 Å². The van der Waals surface area contributed by atoms with Crippen LogP contribution in [0.3, 0.4) is 0 Å². The molecule has 2 unspecified atom stereocenters. The molecule has 0 aromatic heterocycles. The number of hydrogen-bond acceptors (Lipinski definition) is 1. The second kappa shape index (κ2) is 2.31. The maximum atomic E-state index is 12.9. The van der Waals surface area contributed by atoms with E-state index in [4.69, 9.17) is 5.11 Å². The van der Waals surface area contributed by atoms with Crippen LogP contribution in [0.2, 0.25) is 0 Å². The van der Waals surface area contributed by atoms with E-state index in [0.29, 0.717) is 12.0 Å². The molecule has 1 aliphatic carbocycles. The predicted molar refractivity (Wildman–Crippen MR) is 39.8 cm³/mol.